The lowest BCUT2D eigenvalue weighted by molar-refractivity contribution is -0.131. The smallest absolute Gasteiger partial charge is 0.262 e. The molecule has 0 bridgehead atoms. The van der Waals surface area contributed by atoms with Crippen LogP contribution >= 0.6 is 47.8 Å². The molecule has 5 heteroatoms. The molecule has 1 aromatic carbocycles. The van der Waals surface area contributed by atoms with Crippen molar-refractivity contribution in [3.05, 3.63) is 61.2 Å². The molecular formula is C17H20Br3NO. The maximum Gasteiger partial charge on any atom is 0.262 e. The summed E-state index contributed by atoms with van der Waals surface area (Å²) in [6, 6.07) is 9.92. The highest BCUT2D eigenvalue weighted by atomic mass is 80.0. The summed E-state index contributed by atoms with van der Waals surface area (Å²) < 4.78 is -0.957. The van der Waals surface area contributed by atoms with Gasteiger partial charge in [0.05, 0.1) is 6.04 Å². The van der Waals surface area contributed by atoms with Gasteiger partial charge in [-0.15, -0.1) is 13.2 Å². The number of rotatable bonds is 8. The van der Waals surface area contributed by atoms with Crippen LogP contribution in [0.4, 0.5) is 0 Å². The summed E-state index contributed by atoms with van der Waals surface area (Å²) >= 11 is 9.99. The van der Waals surface area contributed by atoms with Crippen LogP contribution in [0.5, 0.6) is 0 Å². The van der Waals surface area contributed by atoms with Gasteiger partial charge in [0.15, 0.2) is 0 Å². The van der Waals surface area contributed by atoms with E-state index in [0.717, 1.165) is 24.8 Å². The molecule has 1 aromatic rings. The van der Waals surface area contributed by atoms with Crippen molar-refractivity contribution in [1.29, 1.82) is 0 Å². The zero-order chi connectivity index (χ0) is 16.6. The maximum absolute atomic E-state index is 12.7. The number of alkyl halides is 3. The number of hydrogen-bond donors (Lipinski definition) is 0. The Morgan fingerprint density at radius 3 is 2.36 bits per heavy atom. The lowest BCUT2D eigenvalue weighted by Gasteiger charge is -2.33. The van der Waals surface area contributed by atoms with E-state index < -0.39 is 2.14 Å². The summed E-state index contributed by atoms with van der Waals surface area (Å²) in [5, 5.41) is 0. The van der Waals surface area contributed by atoms with Gasteiger partial charge in [0.2, 0.25) is 2.14 Å². The molecule has 0 heterocycles. The van der Waals surface area contributed by atoms with Crippen LogP contribution in [0.1, 0.15) is 24.8 Å². The highest BCUT2D eigenvalue weighted by Crippen LogP contribution is 2.37. The molecule has 0 aliphatic rings. The second-order valence-corrected chi connectivity index (χ2v) is 11.7. The van der Waals surface area contributed by atoms with Crippen molar-refractivity contribution < 1.29 is 4.79 Å². The predicted octanol–water partition coefficient (Wildman–Crippen LogP) is 5.76. The van der Waals surface area contributed by atoms with Gasteiger partial charge in [-0.2, -0.15) is 0 Å². The van der Waals surface area contributed by atoms with Crippen molar-refractivity contribution >= 4 is 53.7 Å². The topological polar surface area (TPSA) is 20.3 Å². The van der Waals surface area contributed by atoms with E-state index >= 15 is 0 Å². The molecule has 0 fully saturated rings. The first-order chi connectivity index (χ1) is 10.4. The highest BCUT2D eigenvalue weighted by Gasteiger charge is 2.35. The van der Waals surface area contributed by atoms with Crippen molar-refractivity contribution in [1.82, 2.24) is 4.90 Å². The third-order valence-electron chi connectivity index (χ3n) is 3.28. The predicted molar refractivity (Wildman–Crippen MR) is 105 cm³/mol. The van der Waals surface area contributed by atoms with E-state index in [-0.39, 0.29) is 11.9 Å². The molecule has 1 unspecified atom stereocenters. The standard InChI is InChI=1S/C17H20Br3NO/c1-3-5-7-12-15(4-2)21(16(22)17(18,19)20)13-14-10-8-6-9-11-14/h3-4,6,8-11,15H,1-2,5,7,12-13H2. The van der Waals surface area contributed by atoms with E-state index in [1.807, 2.05) is 47.4 Å². The van der Waals surface area contributed by atoms with Crippen LogP contribution in [0.2, 0.25) is 0 Å². The van der Waals surface area contributed by atoms with Crippen LogP contribution in [0.15, 0.2) is 55.6 Å². The Bertz CT molecular complexity index is 496. The maximum atomic E-state index is 12.7. The first-order valence-corrected chi connectivity index (χ1v) is 9.43. The summed E-state index contributed by atoms with van der Waals surface area (Å²) in [5.41, 5.74) is 1.09. The van der Waals surface area contributed by atoms with E-state index in [1.165, 1.54) is 0 Å². The molecule has 0 N–H and O–H groups in total. The molecule has 0 radical (unpaired) electrons. The fourth-order valence-corrected chi connectivity index (χ4v) is 2.84. The van der Waals surface area contributed by atoms with E-state index in [1.54, 1.807) is 0 Å². The average molecular weight is 494 g/mol. The number of hydrogen-bond acceptors (Lipinski definition) is 1. The highest BCUT2D eigenvalue weighted by molar-refractivity contribution is 9.40. The molecule has 0 spiro atoms. The third-order valence-corrected chi connectivity index (χ3v) is 4.30. The minimum atomic E-state index is -0.957. The fourth-order valence-electron chi connectivity index (χ4n) is 2.15. The first kappa shape index (κ1) is 19.7. The molecule has 0 saturated heterocycles. The Morgan fingerprint density at radius 1 is 1.23 bits per heavy atom. The number of amides is 1. The molecule has 1 amide bonds. The minimum Gasteiger partial charge on any atom is -0.329 e. The number of unbranched alkanes of at least 4 members (excludes halogenated alkanes) is 1. The van der Waals surface area contributed by atoms with Crippen molar-refractivity contribution in [2.75, 3.05) is 0 Å². The van der Waals surface area contributed by atoms with Crippen LogP contribution in [-0.2, 0) is 11.3 Å². The molecule has 2 nitrogen and oxygen atoms in total. The Kier molecular flexibility index (Phi) is 8.65. The summed E-state index contributed by atoms with van der Waals surface area (Å²) in [4.78, 5) is 14.5. The van der Waals surface area contributed by atoms with Gasteiger partial charge >= 0.3 is 0 Å². The zero-order valence-corrected chi connectivity index (χ0v) is 17.1. The Balaban J connectivity index is 2.95. The second-order valence-electron chi connectivity index (χ2n) is 4.94. The van der Waals surface area contributed by atoms with Crippen molar-refractivity contribution in [3.8, 4) is 0 Å². The largest absolute Gasteiger partial charge is 0.329 e. The summed E-state index contributed by atoms with van der Waals surface area (Å²) in [6.45, 7) is 8.18. The Morgan fingerprint density at radius 2 is 1.86 bits per heavy atom. The molecular weight excluding hydrogens is 474 g/mol. The van der Waals surface area contributed by atoms with Crippen molar-refractivity contribution in [2.45, 2.75) is 34.0 Å². The van der Waals surface area contributed by atoms with Gasteiger partial charge in [-0.05, 0) is 72.6 Å². The zero-order valence-electron chi connectivity index (χ0n) is 12.4. The van der Waals surface area contributed by atoms with E-state index in [2.05, 4.69) is 60.9 Å². The Labute approximate surface area is 158 Å². The van der Waals surface area contributed by atoms with E-state index in [9.17, 15) is 4.79 Å². The average Bonchev–Trinajstić information content (AvgIpc) is 2.49. The third kappa shape index (κ3) is 6.39. The normalized spacial score (nSPS) is 12.5. The van der Waals surface area contributed by atoms with Gasteiger partial charge in [-0.3, -0.25) is 4.79 Å². The molecule has 0 aliphatic carbocycles. The van der Waals surface area contributed by atoms with Gasteiger partial charge in [-0.25, -0.2) is 0 Å². The molecule has 0 aromatic heterocycles. The number of nitrogens with zero attached hydrogens (tertiary/aromatic N) is 1. The summed E-state index contributed by atoms with van der Waals surface area (Å²) in [6.07, 6.45) is 6.49. The molecule has 22 heavy (non-hydrogen) atoms. The number of carbonyl (C=O) groups excluding carboxylic acids is 1. The van der Waals surface area contributed by atoms with Crippen LogP contribution in [0, 0.1) is 0 Å². The van der Waals surface area contributed by atoms with Gasteiger partial charge < -0.3 is 4.90 Å². The van der Waals surface area contributed by atoms with E-state index in [4.69, 9.17) is 0 Å². The van der Waals surface area contributed by atoms with Crippen LogP contribution < -0.4 is 0 Å². The SMILES string of the molecule is C=CCCCC(C=C)N(Cc1ccccc1)C(=O)C(Br)(Br)Br. The van der Waals surface area contributed by atoms with Crippen LogP contribution in [0.3, 0.4) is 0 Å². The van der Waals surface area contributed by atoms with Crippen molar-refractivity contribution in [2.24, 2.45) is 0 Å². The number of benzene rings is 1. The molecule has 1 rings (SSSR count). The summed E-state index contributed by atoms with van der Waals surface area (Å²) in [7, 11) is 0. The van der Waals surface area contributed by atoms with E-state index in [0.29, 0.717) is 6.54 Å². The number of allylic oxidation sites excluding steroid dienone is 1. The fraction of sp³-hybridized carbons (Fsp3) is 0.353. The van der Waals surface area contributed by atoms with Gasteiger partial charge in [0.25, 0.3) is 5.91 Å². The van der Waals surface area contributed by atoms with Crippen molar-refractivity contribution in [3.63, 3.8) is 0 Å². The first-order valence-electron chi connectivity index (χ1n) is 7.05. The molecule has 1 atom stereocenters. The minimum absolute atomic E-state index is 0.0281. The molecule has 0 aliphatic heterocycles. The van der Waals surface area contributed by atoms with Gasteiger partial charge in [-0.1, -0.05) is 42.5 Å². The van der Waals surface area contributed by atoms with Crippen LogP contribution in [-0.4, -0.2) is 19.0 Å². The quantitative estimate of drug-likeness (QED) is 0.256. The summed E-state index contributed by atoms with van der Waals surface area (Å²) in [5.74, 6) is -0.0835. The molecule has 120 valence electrons. The monoisotopic (exact) mass is 491 g/mol. The second kappa shape index (κ2) is 9.68. The number of halogens is 3. The van der Waals surface area contributed by atoms with Gasteiger partial charge in [0.1, 0.15) is 0 Å². The lowest BCUT2D eigenvalue weighted by atomic mass is 10.1. The number of carbonyl (C=O) groups is 1. The van der Waals surface area contributed by atoms with Crippen LogP contribution in [0.25, 0.3) is 0 Å². The Hall–Kier alpha value is -0.390. The lowest BCUT2D eigenvalue weighted by Crippen LogP contribution is -2.44. The van der Waals surface area contributed by atoms with Gasteiger partial charge in [0, 0.05) is 6.54 Å². The molecule has 0 saturated carbocycles.